The number of amides is 1. The zero-order chi connectivity index (χ0) is 13.0. The van der Waals surface area contributed by atoms with Crippen LogP contribution < -0.4 is 5.32 Å². The van der Waals surface area contributed by atoms with E-state index in [9.17, 15) is 4.79 Å². The molecule has 0 aliphatic carbocycles. The molecule has 4 nitrogen and oxygen atoms in total. The largest absolute Gasteiger partial charge is 0.339 e. The number of likely N-dealkylation sites (N-methyl/N-ethyl adjacent to an activating group) is 1. The van der Waals surface area contributed by atoms with Gasteiger partial charge in [0.25, 0.3) is 0 Å². The molecule has 0 aromatic carbocycles. The Labute approximate surface area is 111 Å². The molecular weight excluding hydrogens is 226 g/mol. The first-order valence-corrected chi connectivity index (χ1v) is 7.42. The number of likely N-dealkylation sites (tertiary alicyclic amines) is 1. The van der Waals surface area contributed by atoms with E-state index in [4.69, 9.17) is 0 Å². The van der Waals surface area contributed by atoms with Gasteiger partial charge in [0.2, 0.25) is 5.91 Å². The fourth-order valence-corrected chi connectivity index (χ4v) is 3.20. The van der Waals surface area contributed by atoms with Gasteiger partial charge in [0.1, 0.15) is 0 Å². The van der Waals surface area contributed by atoms with Crippen molar-refractivity contribution in [3.8, 4) is 0 Å². The van der Waals surface area contributed by atoms with E-state index in [0.29, 0.717) is 24.5 Å². The number of piperidine rings is 1. The normalized spacial score (nSPS) is 28.9. The molecule has 0 bridgehead atoms. The van der Waals surface area contributed by atoms with Crippen LogP contribution >= 0.6 is 0 Å². The van der Waals surface area contributed by atoms with Crippen LogP contribution in [0.15, 0.2) is 0 Å². The Kier molecular flexibility index (Phi) is 5.01. The molecule has 4 heteroatoms. The molecule has 2 aliphatic rings. The van der Waals surface area contributed by atoms with Crippen molar-refractivity contribution in [2.45, 2.75) is 51.1 Å². The molecule has 0 aromatic rings. The van der Waals surface area contributed by atoms with Crippen LogP contribution in [0.25, 0.3) is 0 Å². The molecule has 104 valence electrons. The number of hydrogen-bond acceptors (Lipinski definition) is 3. The Morgan fingerprint density at radius 1 is 1.39 bits per heavy atom. The van der Waals surface area contributed by atoms with Gasteiger partial charge in [-0.2, -0.15) is 0 Å². The van der Waals surface area contributed by atoms with Gasteiger partial charge in [-0.15, -0.1) is 0 Å². The second-order valence-electron chi connectivity index (χ2n) is 5.71. The molecule has 2 atom stereocenters. The fraction of sp³-hybridized carbons (Fsp3) is 0.929. The van der Waals surface area contributed by atoms with Crippen molar-refractivity contribution in [1.82, 2.24) is 15.1 Å². The minimum absolute atomic E-state index is 0.330. The van der Waals surface area contributed by atoms with Gasteiger partial charge in [0.05, 0.1) is 6.54 Å². The lowest BCUT2D eigenvalue weighted by Crippen LogP contribution is -2.49. The van der Waals surface area contributed by atoms with Gasteiger partial charge in [0, 0.05) is 25.2 Å². The highest BCUT2D eigenvalue weighted by Crippen LogP contribution is 2.20. The van der Waals surface area contributed by atoms with Crippen LogP contribution in [0.5, 0.6) is 0 Å². The summed E-state index contributed by atoms with van der Waals surface area (Å²) in [5.41, 5.74) is 0. The molecule has 0 radical (unpaired) electrons. The number of carbonyl (C=O) groups is 1. The van der Waals surface area contributed by atoms with Crippen LogP contribution in [0.2, 0.25) is 0 Å². The maximum absolute atomic E-state index is 12.4. The van der Waals surface area contributed by atoms with Gasteiger partial charge in [0.15, 0.2) is 0 Å². The minimum atomic E-state index is 0.330. The molecule has 2 saturated heterocycles. The van der Waals surface area contributed by atoms with Gasteiger partial charge in [-0.1, -0.05) is 6.92 Å². The summed E-state index contributed by atoms with van der Waals surface area (Å²) in [6, 6.07) is 1.03. The number of hydrogen-bond donors (Lipinski definition) is 1. The quantitative estimate of drug-likeness (QED) is 0.814. The Morgan fingerprint density at radius 3 is 2.89 bits per heavy atom. The predicted octanol–water partition coefficient (Wildman–Crippen LogP) is 1.07. The van der Waals surface area contributed by atoms with Crippen LogP contribution in [-0.2, 0) is 4.79 Å². The molecule has 2 fully saturated rings. The molecule has 2 rings (SSSR count). The molecule has 18 heavy (non-hydrogen) atoms. The Bertz CT molecular complexity index is 276. The molecule has 2 unspecified atom stereocenters. The zero-order valence-corrected chi connectivity index (χ0v) is 11.8. The average Bonchev–Trinajstić information content (AvgIpc) is 2.92. The Balaban J connectivity index is 1.85. The Hall–Kier alpha value is -0.610. The Morgan fingerprint density at radius 2 is 2.22 bits per heavy atom. The topological polar surface area (TPSA) is 35.6 Å². The summed E-state index contributed by atoms with van der Waals surface area (Å²) >= 11 is 0. The highest BCUT2D eigenvalue weighted by molar-refractivity contribution is 5.78. The molecule has 2 heterocycles. The summed E-state index contributed by atoms with van der Waals surface area (Å²) in [6.07, 6.45) is 5.92. The van der Waals surface area contributed by atoms with Gasteiger partial charge in [-0.3, -0.25) is 9.69 Å². The van der Waals surface area contributed by atoms with Gasteiger partial charge in [-0.05, 0) is 45.7 Å². The fourth-order valence-electron chi connectivity index (χ4n) is 3.20. The van der Waals surface area contributed by atoms with E-state index in [0.717, 1.165) is 26.1 Å². The number of rotatable bonds is 4. The van der Waals surface area contributed by atoms with Crippen molar-refractivity contribution in [1.29, 1.82) is 0 Å². The molecule has 0 aromatic heterocycles. The molecule has 0 spiro atoms. The van der Waals surface area contributed by atoms with Gasteiger partial charge in [-0.25, -0.2) is 0 Å². The maximum atomic E-state index is 12.4. The van der Waals surface area contributed by atoms with Crippen LogP contribution in [0.1, 0.15) is 39.0 Å². The van der Waals surface area contributed by atoms with E-state index in [2.05, 4.69) is 29.1 Å². The number of nitrogens with zero attached hydrogens (tertiary/aromatic N) is 2. The highest BCUT2D eigenvalue weighted by atomic mass is 16.2. The van der Waals surface area contributed by atoms with Crippen molar-refractivity contribution in [2.24, 2.45) is 0 Å². The van der Waals surface area contributed by atoms with Crippen molar-refractivity contribution in [3.05, 3.63) is 0 Å². The highest BCUT2D eigenvalue weighted by Gasteiger charge is 2.28. The summed E-state index contributed by atoms with van der Waals surface area (Å²) in [7, 11) is 2.08. The van der Waals surface area contributed by atoms with E-state index < -0.39 is 0 Å². The first-order valence-electron chi connectivity index (χ1n) is 7.42. The molecule has 1 N–H and O–H groups in total. The zero-order valence-electron chi connectivity index (χ0n) is 11.8. The van der Waals surface area contributed by atoms with Crippen LogP contribution in [-0.4, -0.2) is 61.0 Å². The summed E-state index contributed by atoms with van der Waals surface area (Å²) in [4.78, 5) is 16.8. The van der Waals surface area contributed by atoms with Crippen LogP contribution in [0.3, 0.4) is 0 Å². The molecule has 1 amide bonds. The first-order chi connectivity index (χ1) is 8.72. The van der Waals surface area contributed by atoms with Crippen LogP contribution in [0, 0.1) is 0 Å². The standard InChI is InChI=1S/C14H27N3O/c1-3-12-6-4-5-9-17(12)14(18)11-16(2)13-7-8-15-10-13/h12-13,15H,3-11H2,1-2H3. The predicted molar refractivity (Wildman–Crippen MR) is 73.5 cm³/mol. The lowest BCUT2D eigenvalue weighted by Gasteiger charge is -2.37. The smallest absolute Gasteiger partial charge is 0.236 e. The second-order valence-corrected chi connectivity index (χ2v) is 5.71. The number of carbonyl (C=O) groups excluding carboxylic acids is 1. The third-order valence-corrected chi connectivity index (χ3v) is 4.46. The first kappa shape index (κ1) is 13.8. The van der Waals surface area contributed by atoms with E-state index in [1.54, 1.807) is 0 Å². The summed E-state index contributed by atoms with van der Waals surface area (Å²) < 4.78 is 0. The van der Waals surface area contributed by atoms with E-state index in [-0.39, 0.29) is 0 Å². The lowest BCUT2D eigenvalue weighted by molar-refractivity contribution is -0.136. The lowest BCUT2D eigenvalue weighted by atomic mass is 10.00. The summed E-state index contributed by atoms with van der Waals surface area (Å²) in [5.74, 6) is 0.330. The van der Waals surface area contributed by atoms with Crippen molar-refractivity contribution in [3.63, 3.8) is 0 Å². The maximum Gasteiger partial charge on any atom is 0.236 e. The van der Waals surface area contributed by atoms with Crippen LogP contribution in [0.4, 0.5) is 0 Å². The monoisotopic (exact) mass is 253 g/mol. The van der Waals surface area contributed by atoms with Gasteiger partial charge < -0.3 is 10.2 Å². The van der Waals surface area contributed by atoms with Crippen molar-refractivity contribution in [2.75, 3.05) is 33.2 Å². The third kappa shape index (κ3) is 3.23. The second kappa shape index (κ2) is 6.53. The summed E-state index contributed by atoms with van der Waals surface area (Å²) in [5, 5.41) is 3.36. The summed E-state index contributed by atoms with van der Waals surface area (Å²) in [6.45, 7) is 5.86. The van der Waals surface area contributed by atoms with Crippen molar-refractivity contribution >= 4 is 5.91 Å². The third-order valence-electron chi connectivity index (χ3n) is 4.46. The van der Waals surface area contributed by atoms with E-state index >= 15 is 0 Å². The van der Waals surface area contributed by atoms with E-state index in [1.165, 1.54) is 25.7 Å². The SMILES string of the molecule is CCC1CCCCN1C(=O)CN(C)C1CCNC1. The molecule has 2 aliphatic heterocycles. The average molecular weight is 253 g/mol. The van der Waals surface area contributed by atoms with Crippen molar-refractivity contribution < 1.29 is 4.79 Å². The minimum Gasteiger partial charge on any atom is -0.339 e. The van der Waals surface area contributed by atoms with Gasteiger partial charge >= 0.3 is 0 Å². The number of nitrogens with one attached hydrogen (secondary N) is 1. The molecular formula is C14H27N3O. The van der Waals surface area contributed by atoms with E-state index in [1.807, 2.05) is 0 Å². The molecule has 0 saturated carbocycles.